The molecule has 22 heavy (non-hydrogen) atoms. The molecule has 0 unspecified atom stereocenters. The summed E-state index contributed by atoms with van der Waals surface area (Å²) in [4.78, 5) is 12.3. The molecule has 2 aromatic rings. The van der Waals surface area contributed by atoms with Crippen molar-refractivity contribution in [3.8, 4) is 5.75 Å². The van der Waals surface area contributed by atoms with E-state index < -0.39 is 6.10 Å². The summed E-state index contributed by atoms with van der Waals surface area (Å²) in [7, 11) is 1.83. The topological polar surface area (TPSA) is 56.2 Å². The summed E-state index contributed by atoms with van der Waals surface area (Å²) < 4.78 is 7.31. The molecular weight excluding hydrogens is 325 g/mol. The van der Waals surface area contributed by atoms with Crippen LogP contribution in [0.5, 0.6) is 5.75 Å². The lowest BCUT2D eigenvalue weighted by atomic mass is 10.3. The van der Waals surface area contributed by atoms with Gasteiger partial charge in [0.15, 0.2) is 6.10 Å². The van der Waals surface area contributed by atoms with Crippen molar-refractivity contribution in [2.75, 3.05) is 5.32 Å². The van der Waals surface area contributed by atoms with Crippen LogP contribution in [0.2, 0.25) is 10.0 Å². The van der Waals surface area contributed by atoms with Crippen molar-refractivity contribution < 1.29 is 9.53 Å². The minimum atomic E-state index is -0.684. The van der Waals surface area contributed by atoms with Gasteiger partial charge in [0.05, 0.1) is 27.1 Å². The summed E-state index contributed by atoms with van der Waals surface area (Å²) in [6, 6.07) is 4.87. The molecule has 0 aliphatic heterocycles. The fourth-order valence-corrected chi connectivity index (χ4v) is 2.28. The quantitative estimate of drug-likeness (QED) is 0.921. The number of nitrogens with one attached hydrogen (secondary N) is 1. The summed E-state index contributed by atoms with van der Waals surface area (Å²) in [6.45, 7) is 5.39. The molecule has 1 amide bonds. The third-order valence-corrected chi connectivity index (χ3v) is 4.07. The number of ether oxygens (including phenoxy) is 1. The van der Waals surface area contributed by atoms with Crippen molar-refractivity contribution >= 4 is 34.8 Å². The number of anilines is 1. The molecule has 0 saturated heterocycles. The highest BCUT2D eigenvalue weighted by Gasteiger charge is 2.19. The minimum absolute atomic E-state index is 0.259. The van der Waals surface area contributed by atoms with Crippen LogP contribution in [0.25, 0.3) is 0 Å². The molecule has 1 heterocycles. The maximum Gasteiger partial charge on any atom is 0.265 e. The molecule has 1 atom stereocenters. The lowest BCUT2D eigenvalue weighted by Crippen LogP contribution is -2.30. The van der Waals surface area contributed by atoms with E-state index in [0.29, 0.717) is 21.5 Å². The van der Waals surface area contributed by atoms with Gasteiger partial charge in [0.1, 0.15) is 5.75 Å². The Bertz CT molecular complexity index is 713. The molecule has 0 saturated carbocycles. The zero-order chi connectivity index (χ0) is 16.4. The molecule has 1 aromatic carbocycles. The predicted octanol–water partition coefficient (Wildman–Crippen LogP) is 3.75. The number of carbonyl (C=O) groups excluding carboxylic acids is 1. The third kappa shape index (κ3) is 3.54. The monoisotopic (exact) mass is 341 g/mol. The highest BCUT2D eigenvalue weighted by molar-refractivity contribution is 6.42. The van der Waals surface area contributed by atoms with Crippen LogP contribution >= 0.6 is 23.2 Å². The van der Waals surface area contributed by atoms with E-state index in [1.165, 1.54) is 0 Å². The lowest BCUT2D eigenvalue weighted by Gasteiger charge is -2.15. The average molecular weight is 342 g/mol. The fourth-order valence-electron chi connectivity index (χ4n) is 1.99. The van der Waals surface area contributed by atoms with E-state index >= 15 is 0 Å². The van der Waals surface area contributed by atoms with Crippen LogP contribution in [0.1, 0.15) is 18.3 Å². The van der Waals surface area contributed by atoms with Crippen molar-refractivity contribution in [1.82, 2.24) is 9.78 Å². The Morgan fingerprint density at radius 1 is 1.32 bits per heavy atom. The van der Waals surface area contributed by atoms with Gasteiger partial charge in [0, 0.05) is 13.1 Å². The van der Waals surface area contributed by atoms with E-state index in [9.17, 15) is 4.79 Å². The summed E-state index contributed by atoms with van der Waals surface area (Å²) in [5.74, 6) is 0.224. The summed E-state index contributed by atoms with van der Waals surface area (Å²) in [5, 5.41) is 7.91. The van der Waals surface area contributed by atoms with Gasteiger partial charge < -0.3 is 10.1 Å². The Balaban J connectivity index is 2.07. The number of carbonyl (C=O) groups is 1. The summed E-state index contributed by atoms with van der Waals surface area (Å²) in [5.41, 5.74) is 2.35. The SMILES string of the molecule is Cc1nn(C)c(C)c1NC(=O)[C@H](C)Oc1ccc(Cl)c(Cl)c1. The molecular formula is C15H17Cl2N3O2. The predicted molar refractivity (Wildman–Crippen MR) is 87.9 cm³/mol. The molecule has 1 aromatic heterocycles. The largest absolute Gasteiger partial charge is 0.481 e. The Morgan fingerprint density at radius 3 is 2.55 bits per heavy atom. The summed E-state index contributed by atoms with van der Waals surface area (Å²) in [6.07, 6.45) is -0.684. The Kier molecular flexibility index (Phi) is 4.98. The van der Waals surface area contributed by atoms with E-state index in [4.69, 9.17) is 27.9 Å². The number of benzene rings is 1. The first kappa shape index (κ1) is 16.6. The molecule has 0 bridgehead atoms. The lowest BCUT2D eigenvalue weighted by molar-refractivity contribution is -0.122. The van der Waals surface area contributed by atoms with Crippen LogP contribution < -0.4 is 10.1 Å². The normalized spacial score (nSPS) is 12.1. The average Bonchev–Trinajstić information content (AvgIpc) is 2.69. The van der Waals surface area contributed by atoms with Crippen molar-refractivity contribution in [3.63, 3.8) is 0 Å². The number of nitrogens with zero attached hydrogens (tertiary/aromatic N) is 2. The molecule has 0 fully saturated rings. The molecule has 2 rings (SSSR count). The van der Waals surface area contributed by atoms with Gasteiger partial charge in [0.25, 0.3) is 5.91 Å². The van der Waals surface area contributed by atoms with Crippen molar-refractivity contribution in [2.24, 2.45) is 7.05 Å². The minimum Gasteiger partial charge on any atom is -0.481 e. The number of halogens is 2. The first-order valence-corrected chi connectivity index (χ1v) is 7.48. The van der Waals surface area contributed by atoms with Crippen LogP contribution in [-0.4, -0.2) is 21.8 Å². The first-order chi connectivity index (χ1) is 10.3. The Hall–Kier alpha value is -1.72. The van der Waals surface area contributed by atoms with Gasteiger partial charge in [-0.1, -0.05) is 23.2 Å². The number of amides is 1. The number of rotatable bonds is 4. The number of aromatic nitrogens is 2. The zero-order valence-electron chi connectivity index (χ0n) is 12.8. The molecule has 5 nitrogen and oxygen atoms in total. The summed E-state index contributed by atoms with van der Waals surface area (Å²) >= 11 is 11.8. The number of hydrogen-bond acceptors (Lipinski definition) is 3. The Morgan fingerprint density at radius 2 is 2.00 bits per heavy atom. The van der Waals surface area contributed by atoms with Gasteiger partial charge in [-0.15, -0.1) is 0 Å². The van der Waals surface area contributed by atoms with Crippen molar-refractivity contribution in [3.05, 3.63) is 39.6 Å². The Labute approximate surface area is 139 Å². The van der Waals surface area contributed by atoms with Gasteiger partial charge in [-0.3, -0.25) is 9.48 Å². The second-order valence-electron chi connectivity index (χ2n) is 4.99. The van der Waals surface area contributed by atoms with Gasteiger partial charge in [-0.25, -0.2) is 0 Å². The molecule has 1 N–H and O–H groups in total. The van der Waals surface area contributed by atoms with Gasteiger partial charge >= 0.3 is 0 Å². The van der Waals surface area contributed by atoms with E-state index in [1.807, 2.05) is 20.9 Å². The van der Waals surface area contributed by atoms with Crippen LogP contribution in [0, 0.1) is 13.8 Å². The van der Waals surface area contributed by atoms with E-state index in [2.05, 4.69) is 10.4 Å². The van der Waals surface area contributed by atoms with E-state index in [-0.39, 0.29) is 5.91 Å². The molecule has 0 radical (unpaired) electrons. The number of hydrogen-bond donors (Lipinski definition) is 1. The van der Waals surface area contributed by atoms with Crippen molar-refractivity contribution in [1.29, 1.82) is 0 Å². The maximum atomic E-state index is 12.3. The first-order valence-electron chi connectivity index (χ1n) is 6.72. The van der Waals surface area contributed by atoms with Gasteiger partial charge in [-0.2, -0.15) is 5.10 Å². The van der Waals surface area contributed by atoms with Gasteiger partial charge in [0.2, 0.25) is 0 Å². The smallest absolute Gasteiger partial charge is 0.265 e. The fraction of sp³-hybridized carbons (Fsp3) is 0.333. The second kappa shape index (κ2) is 6.58. The number of aryl methyl sites for hydroxylation is 2. The van der Waals surface area contributed by atoms with Crippen LogP contribution in [0.3, 0.4) is 0 Å². The van der Waals surface area contributed by atoms with Crippen LogP contribution in [-0.2, 0) is 11.8 Å². The molecule has 0 spiro atoms. The highest BCUT2D eigenvalue weighted by Crippen LogP contribution is 2.27. The molecule has 7 heteroatoms. The van der Waals surface area contributed by atoms with E-state index in [1.54, 1.807) is 29.8 Å². The van der Waals surface area contributed by atoms with Crippen molar-refractivity contribution in [2.45, 2.75) is 26.9 Å². The molecule has 118 valence electrons. The van der Waals surface area contributed by atoms with E-state index in [0.717, 1.165) is 11.4 Å². The maximum absolute atomic E-state index is 12.3. The van der Waals surface area contributed by atoms with Crippen LogP contribution in [0.4, 0.5) is 5.69 Å². The van der Waals surface area contributed by atoms with Gasteiger partial charge in [-0.05, 0) is 32.9 Å². The zero-order valence-corrected chi connectivity index (χ0v) is 14.3. The third-order valence-electron chi connectivity index (χ3n) is 3.33. The second-order valence-corrected chi connectivity index (χ2v) is 5.81. The molecule has 0 aliphatic carbocycles. The van der Waals surface area contributed by atoms with Crippen LogP contribution in [0.15, 0.2) is 18.2 Å². The highest BCUT2D eigenvalue weighted by atomic mass is 35.5. The molecule has 0 aliphatic rings. The standard InChI is InChI=1S/C15H17Cl2N3O2/c1-8-14(9(2)20(4)19-8)18-15(21)10(3)22-11-5-6-12(16)13(17)7-11/h5-7,10H,1-4H3,(H,18,21)/t10-/m0/s1.